The lowest BCUT2D eigenvalue weighted by Gasteiger charge is -2.28. The zero-order chi connectivity index (χ0) is 14.2. The summed E-state index contributed by atoms with van der Waals surface area (Å²) in [7, 11) is 1.65. The highest BCUT2D eigenvalue weighted by molar-refractivity contribution is 5.74. The van der Waals surface area contributed by atoms with Crippen LogP contribution < -0.4 is 5.32 Å². The first kappa shape index (κ1) is 14.9. The van der Waals surface area contributed by atoms with Gasteiger partial charge in [-0.05, 0) is 18.9 Å². The van der Waals surface area contributed by atoms with Gasteiger partial charge in [0.2, 0.25) is 0 Å². The zero-order valence-corrected chi connectivity index (χ0v) is 12.1. The van der Waals surface area contributed by atoms with E-state index >= 15 is 0 Å². The van der Waals surface area contributed by atoms with Gasteiger partial charge in [-0.1, -0.05) is 19.3 Å². The molecule has 1 aliphatic carbocycles. The van der Waals surface area contributed by atoms with Gasteiger partial charge in [-0.25, -0.2) is 4.79 Å². The van der Waals surface area contributed by atoms with Crippen molar-refractivity contribution in [2.75, 3.05) is 20.3 Å². The fraction of sp³-hybridized carbons (Fsp3) is 0.667. The van der Waals surface area contributed by atoms with Crippen LogP contribution in [0.1, 0.15) is 37.7 Å². The predicted molar refractivity (Wildman–Crippen MR) is 76.4 cm³/mol. The van der Waals surface area contributed by atoms with E-state index in [-0.39, 0.29) is 6.03 Å². The third kappa shape index (κ3) is 4.56. The van der Waals surface area contributed by atoms with Gasteiger partial charge in [0.25, 0.3) is 0 Å². The Morgan fingerprint density at radius 1 is 1.45 bits per heavy atom. The summed E-state index contributed by atoms with van der Waals surface area (Å²) in [6.07, 6.45) is 9.20. The maximum absolute atomic E-state index is 12.4. The van der Waals surface area contributed by atoms with E-state index in [0.29, 0.717) is 25.7 Å². The Morgan fingerprint density at radius 2 is 2.25 bits per heavy atom. The molecular formula is C15H24N2O3. The van der Waals surface area contributed by atoms with Crippen LogP contribution in [0.15, 0.2) is 23.0 Å². The Bertz CT molecular complexity index is 386. The highest BCUT2D eigenvalue weighted by Crippen LogP contribution is 2.17. The van der Waals surface area contributed by atoms with Crippen LogP contribution in [0.3, 0.4) is 0 Å². The molecular weight excluding hydrogens is 256 g/mol. The molecule has 0 radical (unpaired) electrons. The molecule has 2 amide bonds. The monoisotopic (exact) mass is 280 g/mol. The number of carbonyl (C=O) groups excluding carboxylic acids is 1. The molecule has 1 aromatic heterocycles. The van der Waals surface area contributed by atoms with Crippen LogP contribution in [0.5, 0.6) is 0 Å². The Hall–Kier alpha value is -1.49. The zero-order valence-electron chi connectivity index (χ0n) is 12.1. The largest absolute Gasteiger partial charge is 0.472 e. The number of hydrogen-bond donors (Lipinski definition) is 1. The molecule has 5 heteroatoms. The summed E-state index contributed by atoms with van der Waals surface area (Å²) in [5, 5.41) is 3.14. The van der Waals surface area contributed by atoms with Crippen molar-refractivity contribution in [1.82, 2.24) is 10.2 Å². The second kappa shape index (κ2) is 7.94. The van der Waals surface area contributed by atoms with Crippen molar-refractivity contribution < 1.29 is 13.9 Å². The second-order valence-corrected chi connectivity index (χ2v) is 5.33. The highest BCUT2D eigenvalue weighted by Gasteiger charge is 2.20. The van der Waals surface area contributed by atoms with E-state index in [0.717, 1.165) is 18.4 Å². The molecule has 1 aliphatic rings. The number of rotatable bonds is 6. The van der Waals surface area contributed by atoms with Crippen molar-refractivity contribution in [3.05, 3.63) is 24.2 Å². The Balaban J connectivity index is 1.88. The molecule has 0 aliphatic heterocycles. The molecule has 0 spiro atoms. The average molecular weight is 280 g/mol. The molecule has 0 aromatic carbocycles. The van der Waals surface area contributed by atoms with Gasteiger partial charge in [-0.3, -0.25) is 0 Å². The molecule has 0 bridgehead atoms. The van der Waals surface area contributed by atoms with Crippen molar-refractivity contribution in [3.8, 4) is 0 Å². The number of carbonyl (C=O) groups is 1. The minimum atomic E-state index is -0.00449. The summed E-state index contributed by atoms with van der Waals surface area (Å²) in [5.74, 6) is 0. The van der Waals surface area contributed by atoms with Crippen LogP contribution in [-0.4, -0.2) is 37.2 Å². The molecule has 1 N–H and O–H groups in total. The van der Waals surface area contributed by atoms with Crippen LogP contribution in [0.2, 0.25) is 0 Å². The van der Waals surface area contributed by atoms with Gasteiger partial charge >= 0.3 is 6.03 Å². The third-order valence-corrected chi connectivity index (χ3v) is 3.74. The molecule has 112 valence electrons. The van der Waals surface area contributed by atoms with Crippen LogP contribution in [0.25, 0.3) is 0 Å². The second-order valence-electron chi connectivity index (χ2n) is 5.33. The van der Waals surface area contributed by atoms with Crippen molar-refractivity contribution in [2.24, 2.45) is 0 Å². The minimum Gasteiger partial charge on any atom is -0.472 e. The first-order valence-electron chi connectivity index (χ1n) is 7.35. The van der Waals surface area contributed by atoms with E-state index in [2.05, 4.69) is 5.32 Å². The molecule has 1 saturated carbocycles. The molecule has 0 atom stereocenters. The Kier molecular flexibility index (Phi) is 5.92. The van der Waals surface area contributed by atoms with Gasteiger partial charge in [-0.15, -0.1) is 0 Å². The lowest BCUT2D eigenvalue weighted by Crippen LogP contribution is -2.46. The molecule has 0 unspecified atom stereocenters. The lowest BCUT2D eigenvalue weighted by molar-refractivity contribution is 0.143. The molecule has 1 heterocycles. The van der Waals surface area contributed by atoms with E-state index in [1.807, 2.05) is 6.07 Å². The standard InChI is InChI=1S/C15H24N2O3/c1-19-10-8-17(11-13-7-9-20-12-13)15(18)16-14-5-3-2-4-6-14/h7,9,12,14H,2-6,8,10-11H2,1H3,(H,16,18). The summed E-state index contributed by atoms with van der Waals surface area (Å²) < 4.78 is 10.1. The normalized spacial score (nSPS) is 16.1. The van der Waals surface area contributed by atoms with Gasteiger partial charge in [0.15, 0.2) is 0 Å². The summed E-state index contributed by atoms with van der Waals surface area (Å²) in [5.41, 5.74) is 1.000. The predicted octanol–water partition coefficient (Wildman–Crippen LogP) is 2.77. The first-order chi connectivity index (χ1) is 9.79. The number of nitrogens with zero attached hydrogens (tertiary/aromatic N) is 1. The van der Waals surface area contributed by atoms with Crippen LogP contribution >= 0.6 is 0 Å². The number of nitrogens with one attached hydrogen (secondary N) is 1. The van der Waals surface area contributed by atoms with Gasteiger partial charge in [0.1, 0.15) is 0 Å². The first-order valence-corrected chi connectivity index (χ1v) is 7.35. The van der Waals surface area contributed by atoms with Crippen LogP contribution in [0.4, 0.5) is 4.79 Å². The van der Waals surface area contributed by atoms with Crippen molar-refractivity contribution >= 4 is 6.03 Å². The summed E-state index contributed by atoms with van der Waals surface area (Å²) in [6.45, 7) is 1.68. The fourth-order valence-electron chi connectivity index (χ4n) is 2.57. The van der Waals surface area contributed by atoms with Crippen molar-refractivity contribution in [2.45, 2.75) is 44.7 Å². The van der Waals surface area contributed by atoms with Gasteiger partial charge in [0.05, 0.1) is 25.7 Å². The molecule has 2 rings (SSSR count). The highest BCUT2D eigenvalue weighted by atomic mass is 16.5. The van der Waals surface area contributed by atoms with Gasteiger partial charge in [0, 0.05) is 25.3 Å². The van der Waals surface area contributed by atoms with E-state index in [9.17, 15) is 4.79 Å². The van der Waals surface area contributed by atoms with Gasteiger partial charge < -0.3 is 19.4 Å². The summed E-state index contributed by atoms with van der Waals surface area (Å²) in [6, 6.07) is 2.20. The molecule has 1 fully saturated rings. The topological polar surface area (TPSA) is 54.7 Å². The quantitative estimate of drug-likeness (QED) is 0.871. The SMILES string of the molecule is COCCN(Cc1ccoc1)C(=O)NC1CCCCC1. The number of methoxy groups -OCH3 is 1. The van der Waals surface area contributed by atoms with E-state index in [4.69, 9.17) is 9.15 Å². The molecule has 20 heavy (non-hydrogen) atoms. The third-order valence-electron chi connectivity index (χ3n) is 3.74. The van der Waals surface area contributed by atoms with E-state index in [1.165, 1.54) is 19.3 Å². The van der Waals surface area contributed by atoms with E-state index in [1.54, 1.807) is 24.5 Å². The number of ether oxygens (including phenoxy) is 1. The molecule has 5 nitrogen and oxygen atoms in total. The van der Waals surface area contributed by atoms with Gasteiger partial charge in [-0.2, -0.15) is 0 Å². The smallest absolute Gasteiger partial charge is 0.317 e. The number of furan rings is 1. The summed E-state index contributed by atoms with van der Waals surface area (Å²) in [4.78, 5) is 14.2. The van der Waals surface area contributed by atoms with Crippen LogP contribution in [-0.2, 0) is 11.3 Å². The van der Waals surface area contributed by atoms with Crippen LogP contribution in [0, 0.1) is 0 Å². The maximum Gasteiger partial charge on any atom is 0.317 e. The number of urea groups is 1. The van der Waals surface area contributed by atoms with Crippen molar-refractivity contribution in [1.29, 1.82) is 0 Å². The Labute approximate surface area is 120 Å². The molecule has 0 saturated heterocycles. The number of hydrogen-bond acceptors (Lipinski definition) is 3. The average Bonchev–Trinajstić information content (AvgIpc) is 2.97. The van der Waals surface area contributed by atoms with E-state index < -0.39 is 0 Å². The molecule has 1 aromatic rings. The Morgan fingerprint density at radius 3 is 2.90 bits per heavy atom. The minimum absolute atomic E-state index is 0.00449. The lowest BCUT2D eigenvalue weighted by atomic mass is 9.96. The fourth-order valence-corrected chi connectivity index (χ4v) is 2.57. The number of amides is 2. The summed E-state index contributed by atoms with van der Waals surface area (Å²) >= 11 is 0. The maximum atomic E-state index is 12.4. The van der Waals surface area contributed by atoms with Crippen molar-refractivity contribution in [3.63, 3.8) is 0 Å².